The number of rotatable bonds is 22. The predicted molar refractivity (Wildman–Crippen MR) is 201 cm³/mol. The smallest absolute Gasteiger partial charge is 0.326 e. The van der Waals surface area contributed by atoms with Crippen LogP contribution < -0.4 is 44.2 Å². The molecular weight excluding hydrogens is 700 g/mol. The molecule has 1 fully saturated rings. The number of carboxylic acids is 1. The Labute approximate surface area is 316 Å². The van der Waals surface area contributed by atoms with Crippen LogP contribution in [0.25, 0.3) is 0 Å². The highest BCUT2D eigenvalue weighted by molar-refractivity contribution is 5.97. The topological polar surface area (TPSA) is 308 Å². The number of hydrogen-bond acceptors (Lipinski definition) is 9. The lowest BCUT2D eigenvalue weighted by atomic mass is 9.99. The molecule has 6 amide bonds. The highest BCUT2D eigenvalue weighted by Gasteiger charge is 2.39. The van der Waals surface area contributed by atoms with Crippen molar-refractivity contribution in [2.75, 3.05) is 13.1 Å². The van der Waals surface area contributed by atoms with E-state index in [1.165, 1.54) is 0 Å². The van der Waals surface area contributed by atoms with Gasteiger partial charge >= 0.3 is 5.97 Å². The molecule has 18 nitrogen and oxygen atoms in total. The summed E-state index contributed by atoms with van der Waals surface area (Å²) in [7, 11) is 0. The van der Waals surface area contributed by atoms with Gasteiger partial charge in [0.2, 0.25) is 35.4 Å². The lowest BCUT2D eigenvalue weighted by Crippen LogP contribution is -2.60. The van der Waals surface area contributed by atoms with Gasteiger partial charge in [-0.25, -0.2) is 4.79 Å². The van der Waals surface area contributed by atoms with Gasteiger partial charge in [0.1, 0.15) is 30.2 Å². The van der Waals surface area contributed by atoms with Gasteiger partial charge in [0.05, 0.1) is 12.5 Å². The summed E-state index contributed by atoms with van der Waals surface area (Å²) < 4.78 is 0. The van der Waals surface area contributed by atoms with Gasteiger partial charge in [-0.1, -0.05) is 58.0 Å². The Morgan fingerprint density at radius 1 is 0.796 bits per heavy atom. The molecule has 300 valence electrons. The number of nitrogens with two attached hydrogens (primary N) is 4. The molecule has 1 heterocycles. The van der Waals surface area contributed by atoms with E-state index in [0.29, 0.717) is 6.42 Å². The number of guanidine groups is 1. The number of carbonyl (C=O) groups excluding carboxylic acids is 6. The van der Waals surface area contributed by atoms with E-state index in [0.717, 1.165) is 10.5 Å². The molecule has 0 unspecified atom stereocenters. The molecule has 18 heteroatoms. The summed E-state index contributed by atoms with van der Waals surface area (Å²) in [5.74, 6) is -6.00. The van der Waals surface area contributed by atoms with Crippen molar-refractivity contribution in [3.05, 3.63) is 35.9 Å². The summed E-state index contributed by atoms with van der Waals surface area (Å²) in [6.07, 6.45) is 0.817. The van der Waals surface area contributed by atoms with E-state index in [1.54, 1.807) is 0 Å². The minimum atomic E-state index is -1.51. The third kappa shape index (κ3) is 15.4. The highest BCUT2D eigenvalue weighted by atomic mass is 16.4. The van der Waals surface area contributed by atoms with Crippen molar-refractivity contribution < 1.29 is 38.7 Å². The summed E-state index contributed by atoms with van der Waals surface area (Å²) >= 11 is 0. The zero-order chi connectivity index (χ0) is 40.5. The van der Waals surface area contributed by atoms with Gasteiger partial charge < -0.3 is 54.2 Å². The van der Waals surface area contributed by atoms with Crippen LogP contribution in [0.2, 0.25) is 0 Å². The highest BCUT2D eigenvalue weighted by Crippen LogP contribution is 2.19. The second-order valence-electron chi connectivity index (χ2n) is 14.4. The maximum atomic E-state index is 13.9. The fourth-order valence-electron chi connectivity index (χ4n) is 6.12. The molecule has 0 radical (unpaired) electrons. The Morgan fingerprint density at radius 2 is 1.31 bits per heavy atom. The predicted octanol–water partition coefficient (Wildman–Crippen LogP) is -1.41. The van der Waals surface area contributed by atoms with E-state index < -0.39 is 84.1 Å². The summed E-state index contributed by atoms with van der Waals surface area (Å²) in [5.41, 5.74) is 23.3. The molecule has 54 heavy (non-hydrogen) atoms. The van der Waals surface area contributed by atoms with Crippen LogP contribution in [-0.2, 0) is 40.0 Å². The molecule has 13 N–H and O–H groups in total. The number of carboxylic acid groups (broad SMARTS) is 1. The van der Waals surface area contributed by atoms with Crippen molar-refractivity contribution in [2.45, 2.75) is 115 Å². The fourth-order valence-corrected chi connectivity index (χ4v) is 6.12. The van der Waals surface area contributed by atoms with Gasteiger partial charge in [-0.3, -0.25) is 33.8 Å². The summed E-state index contributed by atoms with van der Waals surface area (Å²) in [5, 5.41) is 20.2. The van der Waals surface area contributed by atoms with E-state index in [2.05, 4.69) is 26.3 Å². The van der Waals surface area contributed by atoms with Crippen LogP contribution in [0.15, 0.2) is 35.3 Å². The Hall–Kier alpha value is -5.26. The zero-order valence-corrected chi connectivity index (χ0v) is 31.6. The van der Waals surface area contributed by atoms with Gasteiger partial charge in [0.25, 0.3) is 0 Å². The quantitative estimate of drug-likeness (QED) is 0.0376. The minimum Gasteiger partial charge on any atom is -0.480 e. The van der Waals surface area contributed by atoms with Crippen molar-refractivity contribution in [1.29, 1.82) is 0 Å². The maximum absolute atomic E-state index is 13.9. The van der Waals surface area contributed by atoms with Crippen LogP contribution in [0, 0.1) is 11.8 Å². The number of likely N-dealkylation sites (tertiary alicyclic amines) is 1. The average molecular weight is 759 g/mol. The first-order chi connectivity index (χ1) is 25.4. The lowest BCUT2D eigenvalue weighted by Gasteiger charge is -2.29. The van der Waals surface area contributed by atoms with E-state index in [4.69, 9.17) is 22.9 Å². The molecule has 2 rings (SSSR count). The zero-order valence-electron chi connectivity index (χ0n) is 31.6. The molecule has 0 aromatic heterocycles. The molecule has 0 saturated carbocycles. The van der Waals surface area contributed by atoms with Crippen molar-refractivity contribution in [3.63, 3.8) is 0 Å². The second-order valence-corrected chi connectivity index (χ2v) is 14.4. The maximum Gasteiger partial charge on any atom is 0.326 e. The van der Waals surface area contributed by atoms with Crippen molar-refractivity contribution >= 4 is 47.4 Å². The summed E-state index contributed by atoms with van der Waals surface area (Å²) in [6, 6.07) is 2.12. The number of benzene rings is 1. The molecule has 1 aromatic carbocycles. The Bertz CT molecular complexity index is 1480. The third-order valence-corrected chi connectivity index (χ3v) is 8.73. The van der Waals surface area contributed by atoms with E-state index in [1.807, 2.05) is 58.0 Å². The average Bonchev–Trinajstić information content (AvgIpc) is 3.58. The normalized spacial score (nSPS) is 16.7. The number of primary amides is 1. The van der Waals surface area contributed by atoms with Crippen molar-refractivity contribution in [3.8, 4) is 0 Å². The van der Waals surface area contributed by atoms with Gasteiger partial charge in [-0.2, -0.15) is 0 Å². The van der Waals surface area contributed by atoms with E-state index in [-0.39, 0.29) is 69.4 Å². The van der Waals surface area contributed by atoms with Gasteiger partial charge in [0.15, 0.2) is 5.96 Å². The molecule has 6 atom stereocenters. The second kappa shape index (κ2) is 22.1. The van der Waals surface area contributed by atoms with Gasteiger partial charge in [0, 0.05) is 13.1 Å². The lowest BCUT2D eigenvalue weighted by molar-refractivity contribution is -0.149. The number of amides is 6. The van der Waals surface area contributed by atoms with Crippen LogP contribution in [0.1, 0.15) is 78.2 Å². The molecule has 0 aliphatic carbocycles. The molecular formula is C36H58N10O8. The molecule has 1 saturated heterocycles. The van der Waals surface area contributed by atoms with Crippen molar-refractivity contribution in [1.82, 2.24) is 26.2 Å². The monoisotopic (exact) mass is 758 g/mol. The Balaban J connectivity index is 2.30. The number of nitrogens with zero attached hydrogens (tertiary/aromatic N) is 2. The molecule has 1 aliphatic rings. The van der Waals surface area contributed by atoms with Gasteiger partial charge in [-0.15, -0.1) is 0 Å². The van der Waals surface area contributed by atoms with E-state index >= 15 is 0 Å². The Kier molecular flexibility index (Phi) is 18.4. The van der Waals surface area contributed by atoms with Crippen molar-refractivity contribution in [2.24, 2.45) is 39.8 Å². The van der Waals surface area contributed by atoms with Gasteiger partial charge in [-0.05, 0) is 62.3 Å². The molecule has 0 bridgehead atoms. The number of carbonyl (C=O) groups is 7. The number of nitrogens with one attached hydrogen (secondary N) is 4. The minimum absolute atomic E-state index is 0.0236. The largest absolute Gasteiger partial charge is 0.480 e. The van der Waals surface area contributed by atoms with Crippen LogP contribution >= 0.6 is 0 Å². The number of aliphatic carboxylic acids is 1. The van der Waals surface area contributed by atoms with Crippen LogP contribution in [0.4, 0.5) is 0 Å². The first kappa shape index (κ1) is 44.9. The number of hydrogen-bond donors (Lipinski definition) is 9. The van der Waals surface area contributed by atoms with E-state index in [9.17, 15) is 38.7 Å². The molecule has 0 spiro atoms. The third-order valence-electron chi connectivity index (χ3n) is 8.73. The first-order valence-corrected chi connectivity index (χ1v) is 18.3. The first-order valence-electron chi connectivity index (χ1n) is 18.3. The fraction of sp³-hybridized carbons (Fsp3) is 0.611. The molecule has 1 aliphatic heterocycles. The summed E-state index contributed by atoms with van der Waals surface area (Å²) in [6.45, 7) is 7.63. The summed E-state index contributed by atoms with van der Waals surface area (Å²) in [4.78, 5) is 96.6. The Morgan fingerprint density at radius 3 is 1.83 bits per heavy atom. The number of aliphatic imine (C=N–C) groups is 1. The SMILES string of the molecule is CC(C)C[C@H](NC(=O)[C@H](CC(C)C)NC(=O)[C@@H](N)Cc1ccccc1)C(=O)N[C@@H](CCCN=C(N)N)C(=O)N[C@@H](CC(N)=O)C(=O)N1CCC[C@H]1C(=O)O. The standard InChI is InChI=1S/C36H58N10O8/c1-20(2)16-25(43-30(48)23(37)18-22-10-6-5-7-11-22)33(51)44-26(17-21(3)4)32(50)42-24(12-8-14-41-36(39)40)31(49)45-27(19-29(38)47)34(52)46-15-9-13-28(46)35(53)54/h5-7,10-11,20-21,23-28H,8-9,12-19,37H2,1-4H3,(H2,38,47)(H,42,50)(H,43,48)(H,44,51)(H,45,49)(H,53,54)(H4,39,40,41)/t23-,24-,25-,26-,27-,28-/m0/s1. The molecule has 1 aromatic rings. The van der Waals surface area contributed by atoms with Crippen LogP contribution in [0.5, 0.6) is 0 Å². The van der Waals surface area contributed by atoms with Crippen LogP contribution in [0.3, 0.4) is 0 Å². The van der Waals surface area contributed by atoms with Crippen LogP contribution in [-0.4, -0.2) is 107 Å².